The van der Waals surface area contributed by atoms with Crippen LogP contribution in [0, 0.1) is 23.2 Å². The van der Waals surface area contributed by atoms with E-state index in [1.807, 2.05) is 61.5 Å². The Kier molecular flexibility index (Phi) is 11.2. The molecule has 0 aromatic heterocycles. The van der Waals surface area contributed by atoms with Crippen LogP contribution in [0.25, 0.3) is 0 Å². The van der Waals surface area contributed by atoms with E-state index in [4.69, 9.17) is 4.74 Å². The molecular formula is C39H51N5O7. The standard InChI is InChI=1S/C39H51N5O7/c1-7-13-28(33(46)35(48)41-21-29(45)40-20-23-14-9-8-10-15-23)42-34(47)32-30-27(39(30,5)6)22-44(32)36(49)31(43-37(50)51-38(2,3)4)26-18-24-16-11-12-17-25(24)19-26/h8-12,14-17,26-28,30-32H,7,13,18-22H2,1-6H3,(H,40,45)(H,41,48)(H,42,47)(H,43,50)/t27?,28?,30-,31-,32-/m0/s1. The minimum Gasteiger partial charge on any atom is -0.444 e. The van der Waals surface area contributed by atoms with E-state index in [-0.39, 0.29) is 42.0 Å². The molecule has 3 aliphatic rings. The first-order valence-electron chi connectivity index (χ1n) is 17.9. The lowest BCUT2D eigenvalue weighted by Gasteiger charge is -2.35. The molecule has 5 atom stereocenters. The van der Waals surface area contributed by atoms with Gasteiger partial charge in [0, 0.05) is 13.1 Å². The molecule has 12 nitrogen and oxygen atoms in total. The van der Waals surface area contributed by atoms with Crippen LogP contribution in [0.3, 0.4) is 0 Å². The zero-order chi connectivity index (χ0) is 37.1. The highest BCUT2D eigenvalue weighted by Crippen LogP contribution is 2.65. The number of alkyl carbamates (subject to hydrolysis) is 1. The normalized spacial score (nSPS) is 21.4. The van der Waals surface area contributed by atoms with E-state index >= 15 is 0 Å². The van der Waals surface area contributed by atoms with Crippen molar-refractivity contribution in [1.29, 1.82) is 0 Å². The highest BCUT2D eigenvalue weighted by Gasteiger charge is 2.69. The molecule has 2 fully saturated rings. The Labute approximate surface area is 299 Å². The second kappa shape index (κ2) is 15.2. The summed E-state index contributed by atoms with van der Waals surface area (Å²) in [7, 11) is 0. The second-order valence-electron chi connectivity index (χ2n) is 15.6. The Morgan fingerprint density at radius 3 is 2.14 bits per heavy atom. The molecule has 1 heterocycles. The molecule has 1 aliphatic heterocycles. The number of fused-ring (bicyclic) bond motifs is 2. The van der Waals surface area contributed by atoms with Crippen molar-refractivity contribution in [3.05, 3.63) is 71.3 Å². The van der Waals surface area contributed by atoms with Crippen LogP contribution in [-0.2, 0) is 48.1 Å². The summed E-state index contributed by atoms with van der Waals surface area (Å²) in [5.74, 6) is -3.56. The summed E-state index contributed by atoms with van der Waals surface area (Å²) >= 11 is 0. The molecule has 4 N–H and O–H groups in total. The Morgan fingerprint density at radius 1 is 0.902 bits per heavy atom. The molecule has 1 saturated heterocycles. The maximum Gasteiger partial charge on any atom is 0.408 e. The maximum atomic E-state index is 14.5. The van der Waals surface area contributed by atoms with Gasteiger partial charge in [-0.3, -0.25) is 24.0 Å². The minimum atomic E-state index is -1.15. The first-order chi connectivity index (χ1) is 24.1. The largest absolute Gasteiger partial charge is 0.444 e. The molecule has 0 bridgehead atoms. The third-order valence-electron chi connectivity index (χ3n) is 10.4. The van der Waals surface area contributed by atoms with Gasteiger partial charge in [-0.15, -0.1) is 0 Å². The van der Waals surface area contributed by atoms with Crippen molar-refractivity contribution in [3.8, 4) is 0 Å². The number of likely N-dealkylation sites (tertiary alicyclic amines) is 1. The molecule has 2 aliphatic carbocycles. The highest BCUT2D eigenvalue weighted by molar-refractivity contribution is 6.38. The molecule has 2 unspecified atom stereocenters. The van der Waals surface area contributed by atoms with Gasteiger partial charge >= 0.3 is 6.09 Å². The number of benzene rings is 2. The van der Waals surface area contributed by atoms with Gasteiger partial charge in [-0.05, 0) is 79.9 Å². The number of piperidine rings is 1. The van der Waals surface area contributed by atoms with Crippen LogP contribution >= 0.6 is 0 Å². The molecule has 51 heavy (non-hydrogen) atoms. The summed E-state index contributed by atoms with van der Waals surface area (Å²) in [6.07, 6.45) is 1.14. The van der Waals surface area contributed by atoms with Gasteiger partial charge in [-0.25, -0.2) is 4.79 Å². The monoisotopic (exact) mass is 701 g/mol. The first kappa shape index (κ1) is 37.5. The topological polar surface area (TPSA) is 163 Å². The van der Waals surface area contributed by atoms with Crippen LogP contribution in [0.5, 0.6) is 0 Å². The fraction of sp³-hybridized carbons (Fsp3) is 0.538. The zero-order valence-corrected chi connectivity index (χ0v) is 30.4. The minimum absolute atomic E-state index is 0.0539. The molecule has 2 aromatic carbocycles. The number of amides is 5. The Hall–Kier alpha value is -4.74. The number of hydrogen-bond donors (Lipinski definition) is 4. The first-order valence-corrected chi connectivity index (χ1v) is 17.9. The van der Waals surface area contributed by atoms with Crippen LogP contribution < -0.4 is 21.3 Å². The van der Waals surface area contributed by atoms with Crippen molar-refractivity contribution in [2.24, 2.45) is 23.2 Å². The van der Waals surface area contributed by atoms with Crippen molar-refractivity contribution in [1.82, 2.24) is 26.2 Å². The lowest BCUT2D eigenvalue weighted by Crippen LogP contribution is -2.60. The summed E-state index contributed by atoms with van der Waals surface area (Å²) < 4.78 is 5.55. The Bertz CT molecular complexity index is 1630. The molecule has 5 rings (SSSR count). The van der Waals surface area contributed by atoms with Crippen LogP contribution in [0.4, 0.5) is 4.79 Å². The van der Waals surface area contributed by atoms with Gasteiger partial charge < -0.3 is 30.9 Å². The number of nitrogens with zero attached hydrogens (tertiary/aromatic N) is 1. The van der Waals surface area contributed by atoms with E-state index in [0.29, 0.717) is 25.8 Å². The highest BCUT2D eigenvalue weighted by atomic mass is 16.6. The molecule has 12 heteroatoms. The Balaban J connectivity index is 1.28. The zero-order valence-electron chi connectivity index (χ0n) is 30.4. The van der Waals surface area contributed by atoms with E-state index in [1.165, 1.54) is 0 Å². The third-order valence-corrected chi connectivity index (χ3v) is 10.4. The predicted octanol–water partition coefficient (Wildman–Crippen LogP) is 3.06. The summed E-state index contributed by atoms with van der Waals surface area (Å²) in [5, 5.41) is 10.7. The lowest BCUT2D eigenvalue weighted by atomic mass is 9.93. The van der Waals surface area contributed by atoms with Gasteiger partial charge in [0.2, 0.25) is 23.5 Å². The SMILES string of the molecule is CCCC(NC(=O)[C@@H]1[C@@H]2C(CN1C(=O)[C@@H](NC(=O)OC(C)(C)C)C1Cc3ccccc3C1)C2(C)C)C(=O)C(=O)NCC(=O)NCc1ccccc1. The number of hydrogen-bond acceptors (Lipinski definition) is 7. The molecular weight excluding hydrogens is 650 g/mol. The number of ketones is 1. The lowest BCUT2D eigenvalue weighted by molar-refractivity contribution is -0.144. The van der Waals surface area contributed by atoms with Gasteiger partial charge in [0.05, 0.1) is 12.6 Å². The third kappa shape index (κ3) is 8.77. The smallest absolute Gasteiger partial charge is 0.408 e. The summed E-state index contributed by atoms with van der Waals surface area (Å²) in [6, 6.07) is 14.2. The fourth-order valence-electron chi connectivity index (χ4n) is 7.72. The van der Waals surface area contributed by atoms with Crippen molar-refractivity contribution in [2.75, 3.05) is 13.1 Å². The van der Waals surface area contributed by atoms with E-state index in [1.54, 1.807) is 25.7 Å². The molecule has 1 saturated carbocycles. The second-order valence-corrected chi connectivity index (χ2v) is 15.6. The quantitative estimate of drug-likeness (QED) is 0.233. The van der Waals surface area contributed by atoms with Gasteiger partial charge in [-0.1, -0.05) is 81.8 Å². The summed E-state index contributed by atoms with van der Waals surface area (Å²) in [4.78, 5) is 81.9. The fourth-order valence-corrected chi connectivity index (χ4v) is 7.72. The molecule has 0 spiro atoms. The van der Waals surface area contributed by atoms with Crippen LogP contribution in [0.2, 0.25) is 0 Å². The molecule has 0 radical (unpaired) electrons. The maximum absolute atomic E-state index is 14.5. The predicted molar refractivity (Wildman–Crippen MR) is 190 cm³/mol. The number of nitrogens with one attached hydrogen (secondary N) is 4. The van der Waals surface area contributed by atoms with E-state index in [9.17, 15) is 28.8 Å². The van der Waals surface area contributed by atoms with Crippen molar-refractivity contribution in [2.45, 2.75) is 97.5 Å². The Morgan fingerprint density at radius 2 is 1.53 bits per heavy atom. The average Bonchev–Trinajstić information content (AvgIpc) is 3.43. The number of rotatable bonds is 13. The van der Waals surface area contributed by atoms with Crippen molar-refractivity contribution in [3.63, 3.8) is 0 Å². The number of carbonyl (C=O) groups is 6. The molecule has 274 valence electrons. The van der Waals surface area contributed by atoms with E-state index in [2.05, 4.69) is 35.1 Å². The van der Waals surface area contributed by atoms with Gasteiger partial charge in [0.1, 0.15) is 17.7 Å². The van der Waals surface area contributed by atoms with Crippen LogP contribution in [0.1, 0.15) is 71.1 Å². The van der Waals surface area contributed by atoms with Crippen LogP contribution in [0.15, 0.2) is 54.6 Å². The van der Waals surface area contributed by atoms with Crippen molar-refractivity contribution < 1.29 is 33.5 Å². The number of Topliss-reactive ketones (excluding diaryl/α,β-unsaturated/α-hetero) is 1. The van der Waals surface area contributed by atoms with Gasteiger partial charge in [-0.2, -0.15) is 0 Å². The number of carbonyl (C=O) groups excluding carboxylic acids is 6. The number of ether oxygens (including phenoxy) is 1. The molecule has 2 aromatic rings. The average molecular weight is 702 g/mol. The van der Waals surface area contributed by atoms with Gasteiger partial charge in [0.25, 0.3) is 5.91 Å². The van der Waals surface area contributed by atoms with Crippen LogP contribution in [-0.4, -0.2) is 77.2 Å². The summed E-state index contributed by atoms with van der Waals surface area (Å²) in [5.41, 5.74) is 2.11. The van der Waals surface area contributed by atoms with Gasteiger partial charge in [0.15, 0.2) is 0 Å². The van der Waals surface area contributed by atoms with Crippen molar-refractivity contribution >= 4 is 35.5 Å². The summed E-state index contributed by atoms with van der Waals surface area (Å²) in [6.45, 7) is 11.4. The van der Waals surface area contributed by atoms with E-state index in [0.717, 1.165) is 16.7 Å². The molecule has 5 amide bonds. The van der Waals surface area contributed by atoms with E-state index < -0.39 is 59.9 Å².